The third-order valence-electron chi connectivity index (χ3n) is 6.10. The van der Waals surface area contributed by atoms with Gasteiger partial charge in [0, 0.05) is 32.7 Å². The molecule has 0 unspecified atom stereocenters. The van der Waals surface area contributed by atoms with E-state index in [2.05, 4.69) is 4.90 Å². The maximum absolute atomic E-state index is 13.1. The summed E-state index contributed by atoms with van der Waals surface area (Å²) < 4.78 is 10.8. The van der Waals surface area contributed by atoms with E-state index in [1.165, 1.54) is 0 Å². The number of rotatable bonds is 4. The molecule has 0 aromatic heterocycles. The zero-order chi connectivity index (χ0) is 21.5. The number of fused-ring (bicyclic) bond motifs is 2. The van der Waals surface area contributed by atoms with Crippen LogP contribution in [0.3, 0.4) is 0 Å². The molecule has 8 heteroatoms. The fraction of sp³-hybridized carbons (Fsp3) is 0.348. The number of carbonyl (C=O) groups is 3. The number of benzene rings is 2. The summed E-state index contributed by atoms with van der Waals surface area (Å²) in [5.41, 5.74) is 1.85. The van der Waals surface area contributed by atoms with Crippen molar-refractivity contribution < 1.29 is 23.9 Å². The molecule has 1 saturated heterocycles. The van der Waals surface area contributed by atoms with Gasteiger partial charge in [-0.2, -0.15) is 0 Å². The standard InChI is InChI=1S/C23H23N3O5/c1-15(26-22(28)17-4-2-3-5-18(17)23(26)29)21(27)25-10-8-24(9-11-25)13-16-6-7-19-20(12-16)31-14-30-19/h2-7,12,15H,8-11,13-14H2,1H3/t15-/m1/s1. The Labute approximate surface area is 179 Å². The summed E-state index contributed by atoms with van der Waals surface area (Å²) in [5, 5.41) is 0. The first kappa shape index (κ1) is 19.6. The lowest BCUT2D eigenvalue weighted by atomic mass is 10.1. The van der Waals surface area contributed by atoms with Gasteiger partial charge in [-0.05, 0) is 36.8 Å². The van der Waals surface area contributed by atoms with E-state index in [4.69, 9.17) is 9.47 Å². The second kappa shape index (κ2) is 7.70. The lowest BCUT2D eigenvalue weighted by Crippen LogP contribution is -2.55. The van der Waals surface area contributed by atoms with Crippen LogP contribution < -0.4 is 9.47 Å². The first-order chi connectivity index (χ1) is 15.0. The molecule has 5 rings (SSSR count). The van der Waals surface area contributed by atoms with Gasteiger partial charge in [-0.15, -0.1) is 0 Å². The van der Waals surface area contributed by atoms with Crippen molar-refractivity contribution in [1.82, 2.24) is 14.7 Å². The zero-order valence-corrected chi connectivity index (χ0v) is 17.2. The summed E-state index contributed by atoms with van der Waals surface area (Å²) in [5.74, 6) is 0.533. The fourth-order valence-electron chi connectivity index (χ4n) is 4.36. The number of piperazine rings is 1. The van der Waals surface area contributed by atoms with Crippen LogP contribution in [0.1, 0.15) is 33.2 Å². The molecule has 2 aromatic rings. The van der Waals surface area contributed by atoms with Gasteiger partial charge in [-0.3, -0.25) is 24.2 Å². The molecule has 0 radical (unpaired) electrons. The van der Waals surface area contributed by atoms with E-state index < -0.39 is 17.9 Å². The van der Waals surface area contributed by atoms with Gasteiger partial charge in [0.15, 0.2) is 11.5 Å². The molecule has 31 heavy (non-hydrogen) atoms. The van der Waals surface area contributed by atoms with Crippen LogP contribution in [-0.2, 0) is 11.3 Å². The first-order valence-corrected chi connectivity index (χ1v) is 10.4. The van der Waals surface area contributed by atoms with Crippen molar-refractivity contribution in [2.24, 2.45) is 0 Å². The molecule has 3 heterocycles. The van der Waals surface area contributed by atoms with Crippen LogP contribution in [0.2, 0.25) is 0 Å². The number of hydrogen-bond acceptors (Lipinski definition) is 6. The molecule has 160 valence electrons. The van der Waals surface area contributed by atoms with Crippen LogP contribution in [0, 0.1) is 0 Å². The molecule has 8 nitrogen and oxygen atoms in total. The number of nitrogens with zero attached hydrogens (tertiary/aromatic N) is 3. The van der Waals surface area contributed by atoms with Crippen molar-refractivity contribution in [3.05, 3.63) is 59.2 Å². The summed E-state index contributed by atoms with van der Waals surface area (Å²) in [7, 11) is 0. The molecule has 0 saturated carbocycles. The predicted molar refractivity (Wildman–Crippen MR) is 111 cm³/mol. The number of carbonyl (C=O) groups excluding carboxylic acids is 3. The Hall–Kier alpha value is -3.39. The third-order valence-corrected chi connectivity index (χ3v) is 6.10. The van der Waals surface area contributed by atoms with E-state index in [-0.39, 0.29) is 12.7 Å². The summed E-state index contributed by atoms with van der Waals surface area (Å²) in [6.07, 6.45) is 0. The lowest BCUT2D eigenvalue weighted by molar-refractivity contribution is -0.136. The monoisotopic (exact) mass is 421 g/mol. The zero-order valence-electron chi connectivity index (χ0n) is 17.2. The van der Waals surface area contributed by atoms with Crippen molar-refractivity contribution in [1.29, 1.82) is 0 Å². The van der Waals surface area contributed by atoms with E-state index in [1.54, 1.807) is 36.1 Å². The molecule has 0 spiro atoms. The minimum Gasteiger partial charge on any atom is -0.454 e. The van der Waals surface area contributed by atoms with Crippen LogP contribution in [0.5, 0.6) is 11.5 Å². The van der Waals surface area contributed by atoms with Gasteiger partial charge >= 0.3 is 0 Å². The highest BCUT2D eigenvalue weighted by Crippen LogP contribution is 2.33. The highest BCUT2D eigenvalue weighted by molar-refractivity contribution is 6.22. The van der Waals surface area contributed by atoms with Crippen LogP contribution in [0.15, 0.2) is 42.5 Å². The van der Waals surface area contributed by atoms with Crippen molar-refractivity contribution >= 4 is 17.7 Å². The highest BCUT2D eigenvalue weighted by Gasteiger charge is 2.42. The van der Waals surface area contributed by atoms with Crippen molar-refractivity contribution in [3.63, 3.8) is 0 Å². The molecule has 0 N–H and O–H groups in total. The SMILES string of the molecule is C[C@H](C(=O)N1CCN(Cc2ccc3c(c2)OCO3)CC1)N1C(=O)c2ccccc2C1=O. The van der Waals surface area contributed by atoms with E-state index >= 15 is 0 Å². The molecule has 3 amide bonds. The summed E-state index contributed by atoms with van der Waals surface area (Å²) in [6.45, 7) is 5.18. The van der Waals surface area contributed by atoms with Gasteiger partial charge in [0.25, 0.3) is 11.8 Å². The van der Waals surface area contributed by atoms with Crippen LogP contribution in [0.25, 0.3) is 0 Å². The minimum absolute atomic E-state index is 0.197. The van der Waals surface area contributed by atoms with Gasteiger partial charge in [0.2, 0.25) is 12.7 Å². The molecular formula is C23H23N3O5. The summed E-state index contributed by atoms with van der Waals surface area (Å²) in [4.78, 5) is 43.5. The quantitative estimate of drug-likeness (QED) is 0.700. The first-order valence-electron chi connectivity index (χ1n) is 10.4. The number of ether oxygens (including phenoxy) is 2. The number of amides is 3. The van der Waals surface area contributed by atoms with E-state index in [0.29, 0.717) is 24.2 Å². The fourth-order valence-corrected chi connectivity index (χ4v) is 4.36. The molecule has 1 atom stereocenters. The Bertz CT molecular complexity index is 1030. The van der Waals surface area contributed by atoms with Crippen molar-refractivity contribution in [2.75, 3.05) is 33.0 Å². The average molecular weight is 421 g/mol. The molecule has 1 fully saturated rings. The molecule has 0 bridgehead atoms. The van der Waals surface area contributed by atoms with E-state index in [9.17, 15) is 14.4 Å². The molecule has 3 aliphatic rings. The smallest absolute Gasteiger partial charge is 0.262 e. The van der Waals surface area contributed by atoms with Gasteiger partial charge in [0.1, 0.15) is 6.04 Å². The second-order valence-electron chi connectivity index (χ2n) is 7.99. The summed E-state index contributed by atoms with van der Waals surface area (Å²) in [6, 6.07) is 11.8. The Morgan fingerprint density at radius 3 is 2.26 bits per heavy atom. The van der Waals surface area contributed by atoms with Crippen molar-refractivity contribution in [3.8, 4) is 11.5 Å². The normalized spacial score (nSPS) is 19.0. The number of imide groups is 1. The van der Waals surface area contributed by atoms with Gasteiger partial charge < -0.3 is 14.4 Å². The Morgan fingerprint density at radius 1 is 0.935 bits per heavy atom. The molecule has 2 aromatic carbocycles. The molecule has 0 aliphatic carbocycles. The lowest BCUT2D eigenvalue weighted by Gasteiger charge is -2.37. The molecular weight excluding hydrogens is 398 g/mol. The Kier molecular flexibility index (Phi) is 4.86. The largest absolute Gasteiger partial charge is 0.454 e. The third kappa shape index (κ3) is 3.42. The van der Waals surface area contributed by atoms with Crippen molar-refractivity contribution in [2.45, 2.75) is 19.5 Å². The van der Waals surface area contributed by atoms with Crippen LogP contribution in [0.4, 0.5) is 0 Å². The predicted octanol–water partition coefficient (Wildman–Crippen LogP) is 1.74. The van der Waals surface area contributed by atoms with E-state index in [0.717, 1.165) is 41.6 Å². The van der Waals surface area contributed by atoms with Gasteiger partial charge in [-0.1, -0.05) is 18.2 Å². The van der Waals surface area contributed by atoms with Gasteiger partial charge in [0.05, 0.1) is 11.1 Å². The second-order valence-corrected chi connectivity index (χ2v) is 7.99. The maximum atomic E-state index is 13.1. The Morgan fingerprint density at radius 2 is 1.58 bits per heavy atom. The average Bonchev–Trinajstić information content (AvgIpc) is 3.36. The van der Waals surface area contributed by atoms with E-state index in [1.807, 2.05) is 18.2 Å². The minimum atomic E-state index is -0.826. The van der Waals surface area contributed by atoms with Gasteiger partial charge in [-0.25, -0.2) is 0 Å². The highest BCUT2D eigenvalue weighted by atomic mass is 16.7. The Balaban J connectivity index is 1.19. The molecule has 3 aliphatic heterocycles. The van der Waals surface area contributed by atoms with Crippen LogP contribution in [-0.4, -0.2) is 71.4 Å². The van der Waals surface area contributed by atoms with Crippen LogP contribution >= 0.6 is 0 Å². The topological polar surface area (TPSA) is 79.4 Å². The number of hydrogen-bond donors (Lipinski definition) is 0. The maximum Gasteiger partial charge on any atom is 0.262 e. The summed E-state index contributed by atoms with van der Waals surface area (Å²) >= 11 is 0.